The summed E-state index contributed by atoms with van der Waals surface area (Å²) in [6.07, 6.45) is 5.94. The Labute approximate surface area is 474 Å². The Morgan fingerprint density at radius 2 is 0.846 bits per heavy atom. The maximum atomic E-state index is 14.4. The van der Waals surface area contributed by atoms with E-state index in [9.17, 15) is 19.8 Å². The van der Waals surface area contributed by atoms with Crippen molar-refractivity contribution in [2.75, 3.05) is 19.8 Å². The Balaban J connectivity index is 1.01. The van der Waals surface area contributed by atoms with Gasteiger partial charge < -0.3 is 24.4 Å². The van der Waals surface area contributed by atoms with Crippen LogP contribution >= 0.6 is 34.0 Å². The summed E-state index contributed by atoms with van der Waals surface area (Å²) in [7, 11) is 0. The third-order valence-corrected chi connectivity index (χ3v) is 24.3. The molecule has 0 saturated carbocycles. The number of carbonyl (C=O) groups is 2. The van der Waals surface area contributed by atoms with Gasteiger partial charge in [-0.2, -0.15) is 0 Å². The number of aliphatic hydroxyl groups is 1. The highest BCUT2D eigenvalue weighted by atomic mass is 32.1. The number of aliphatic carboxylic acids is 1. The molecular weight excluding hydrogens is 1020 g/mol. The lowest BCUT2D eigenvalue weighted by Gasteiger charge is -2.42. The Morgan fingerprint density at radius 3 is 1.23 bits per heavy atom. The van der Waals surface area contributed by atoms with Crippen molar-refractivity contribution in [3.63, 3.8) is 0 Å². The summed E-state index contributed by atoms with van der Waals surface area (Å²) in [4.78, 5) is 31.3. The number of carboxylic acid groups (broad SMARTS) is 1. The van der Waals surface area contributed by atoms with E-state index in [2.05, 4.69) is 140 Å². The van der Waals surface area contributed by atoms with Crippen LogP contribution in [0.15, 0.2) is 65.4 Å². The number of carboxylic acids is 1. The molecule has 6 aliphatic rings. The number of hydrogen-bond donors (Lipinski definition) is 2. The van der Waals surface area contributed by atoms with Crippen molar-refractivity contribution < 1.29 is 34.0 Å². The Bertz CT molecular complexity index is 3570. The minimum Gasteiger partial charge on any atom is -0.492 e. The second-order valence-corrected chi connectivity index (χ2v) is 31.7. The van der Waals surface area contributed by atoms with Crippen molar-refractivity contribution in [3.05, 3.63) is 152 Å². The van der Waals surface area contributed by atoms with Crippen molar-refractivity contribution in [1.82, 2.24) is 0 Å². The van der Waals surface area contributed by atoms with Crippen LogP contribution in [-0.4, -0.2) is 42.3 Å². The van der Waals surface area contributed by atoms with Crippen LogP contribution in [0.5, 0.6) is 17.2 Å². The number of thiophene rings is 3. The number of fused-ring (bicyclic) bond motifs is 6. The first-order valence-electron chi connectivity index (χ1n) is 28.3. The number of aliphatic hydroxyl groups excluding tert-OH is 1. The molecule has 6 heterocycles. The van der Waals surface area contributed by atoms with Crippen LogP contribution in [0.1, 0.15) is 240 Å². The molecule has 0 bridgehead atoms. The van der Waals surface area contributed by atoms with Crippen LogP contribution < -0.4 is 14.2 Å². The van der Waals surface area contributed by atoms with Gasteiger partial charge >= 0.3 is 5.97 Å². The van der Waals surface area contributed by atoms with Crippen molar-refractivity contribution in [1.29, 1.82) is 0 Å². The molecule has 0 fully saturated rings. The zero-order valence-corrected chi connectivity index (χ0v) is 51.0. The van der Waals surface area contributed by atoms with E-state index < -0.39 is 28.3 Å². The van der Waals surface area contributed by atoms with E-state index in [0.29, 0.717) is 41.4 Å². The molecule has 0 radical (unpaired) electrons. The number of hydrogen-bond acceptors (Lipinski definition) is 9. The lowest BCUT2D eigenvalue weighted by Crippen LogP contribution is -2.34. The minimum absolute atomic E-state index is 0.000137. The van der Waals surface area contributed by atoms with Crippen molar-refractivity contribution in [3.8, 4) is 17.2 Å². The Kier molecular flexibility index (Phi) is 11.9. The van der Waals surface area contributed by atoms with Gasteiger partial charge in [0.1, 0.15) is 43.2 Å². The molecule has 78 heavy (non-hydrogen) atoms. The fourth-order valence-electron chi connectivity index (χ4n) is 14.4. The van der Waals surface area contributed by atoms with E-state index in [1.165, 1.54) is 56.1 Å². The van der Waals surface area contributed by atoms with Crippen LogP contribution in [-0.2, 0) is 53.5 Å². The predicted molar refractivity (Wildman–Crippen MR) is 319 cm³/mol. The highest BCUT2D eigenvalue weighted by Crippen LogP contribution is 2.58. The Morgan fingerprint density at radius 1 is 0.487 bits per heavy atom. The topological polar surface area (TPSA) is 102 Å². The molecular formula is C68H78O7S3. The SMILES string of the molecule is CC1(C)CCC(C)(C)c2cc3c(cc21)OCC3(C)c1cc(C(C(=O)O)=C(c2cc(C3(C)COc4cc5c(cc43)C(C)(C)CCC5(C)C)sc2C=O)C(O)c2csc(C3(C)COc4cc5c(cc43)C(C)(C)CCC5(C)C)c2)cs1. The number of benzene rings is 3. The van der Waals surface area contributed by atoms with E-state index in [0.717, 1.165) is 93.4 Å². The third kappa shape index (κ3) is 7.89. The molecule has 0 amide bonds. The van der Waals surface area contributed by atoms with E-state index in [-0.39, 0.29) is 43.6 Å². The van der Waals surface area contributed by atoms with Crippen LogP contribution in [0.2, 0.25) is 0 Å². The van der Waals surface area contributed by atoms with Crippen LogP contribution in [0.25, 0.3) is 11.1 Å². The molecule has 7 nitrogen and oxygen atoms in total. The monoisotopic (exact) mass is 1100 g/mol. The fraction of sp³-hybridized carbons (Fsp3) is 0.500. The highest BCUT2D eigenvalue weighted by molar-refractivity contribution is 7.14. The van der Waals surface area contributed by atoms with E-state index in [1.54, 1.807) is 11.3 Å². The maximum absolute atomic E-state index is 14.4. The van der Waals surface area contributed by atoms with E-state index in [1.807, 2.05) is 29.0 Å². The molecule has 0 spiro atoms. The molecule has 410 valence electrons. The van der Waals surface area contributed by atoms with Gasteiger partial charge in [-0.1, -0.05) is 101 Å². The molecule has 3 aliphatic carbocycles. The van der Waals surface area contributed by atoms with E-state index in [4.69, 9.17) is 14.2 Å². The molecule has 3 aliphatic heterocycles. The second kappa shape index (κ2) is 17.3. The first-order valence-corrected chi connectivity index (χ1v) is 30.8. The lowest BCUT2D eigenvalue weighted by atomic mass is 9.62. The van der Waals surface area contributed by atoms with Gasteiger partial charge in [0.25, 0.3) is 0 Å². The molecule has 4 unspecified atom stereocenters. The summed E-state index contributed by atoms with van der Waals surface area (Å²) >= 11 is 4.44. The maximum Gasteiger partial charge on any atom is 0.336 e. The highest BCUT2D eigenvalue weighted by Gasteiger charge is 2.49. The molecule has 6 aromatic rings. The number of rotatable bonds is 9. The average molecular weight is 1100 g/mol. The summed E-state index contributed by atoms with van der Waals surface area (Å²) in [5.41, 5.74) is 11.2. The molecule has 12 rings (SSSR count). The van der Waals surface area contributed by atoms with E-state index >= 15 is 0 Å². The summed E-state index contributed by atoms with van der Waals surface area (Å²) in [6, 6.07) is 19.9. The number of carbonyl (C=O) groups excluding carboxylic acids is 1. The van der Waals surface area contributed by atoms with Crippen molar-refractivity contribution >= 4 is 57.4 Å². The molecule has 2 N–H and O–H groups in total. The van der Waals surface area contributed by atoms with Crippen LogP contribution in [0.3, 0.4) is 0 Å². The van der Waals surface area contributed by atoms with Gasteiger partial charge in [0.2, 0.25) is 0 Å². The zero-order valence-electron chi connectivity index (χ0n) is 48.5. The van der Waals surface area contributed by atoms with Gasteiger partial charge in [0, 0.05) is 48.0 Å². The zero-order chi connectivity index (χ0) is 55.9. The van der Waals surface area contributed by atoms with Gasteiger partial charge in [-0.05, 0) is 178 Å². The lowest BCUT2D eigenvalue weighted by molar-refractivity contribution is -0.130. The summed E-state index contributed by atoms with van der Waals surface area (Å²) in [5, 5.41) is 28.9. The van der Waals surface area contributed by atoms with Crippen molar-refractivity contribution in [2.24, 2.45) is 0 Å². The van der Waals surface area contributed by atoms with Gasteiger partial charge in [-0.15, -0.1) is 34.0 Å². The fourth-order valence-corrected chi connectivity index (χ4v) is 17.7. The molecule has 0 saturated heterocycles. The number of ether oxygens (including phenoxy) is 3. The standard InChI is InChI=1S/C68H78O7S3/c1-60(2)16-19-63(7,8)43-28-49-46(25-40(43)60)66(13,34-73-49)53-22-37(32-76-53)56(59(71)72)57(39-24-55(78-52(39)31-69)68(15)36-75-51-30-45-42(27-48(51)68)62(5,6)18-21-65(45,11)12)58(70)38-23-54(77-33-38)67(14)35-74-50-29-44-41(26-47(50)67)61(3,4)17-20-64(44,9)10/h22-33,58,70H,16-21,34-36H2,1-15H3,(H,71,72). The van der Waals surface area contributed by atoms with Crippen LogP contribution in [0.4, 0.5) is 0 Å². The quantitative estimate of drug-likeness (QED) is 0.110. The van der Waals surface area contributed by atoms with Gasteiger partial charge in [0.05, 0.1) is 26.7 Å². The molecule has 10 heteroatoms. The van der Waals surface area contributed by atoms with Crippen LogP contribution in [0, 0.1) is 0 Å². The largest absolute Gasteiger partial charge is 0.492 e. The average Bonchev–Trinajstić information content (AvgIpc) is 4.38. The predicted octanol–water partition coefficient (Wildman–Crippen LogP) is 16.6. The summed E-state index contributed by atoms with van der Waals surface area (Å²) in [6.45, 7) is 35.8. The normalized spacial score (nSPS) is 26.6. The van der Waals surface area contributed by atoms with Gasteiger partial charge in [0.15, 0.2) is 6.29 Å². The van der Waals surface area contributed by atoms with Crippen molar-refractivity contribution in [2.45, 2.75) is 197 Å². The third-order valence-electron chi connectivity index (χ3n) is 20.6. The summed E-state index contributed by atoms with van der Waals surface area (Å²) in [5.74, 6) is 1.45. The van der Waals surface area contributed by atoms with Gasteiger partial charge in [-0.3, -0.25) is 4.79 Å². The molecule has 3 aromatic carbocycles. The number of aldehydes is 1. The molecule has 4 atom stereocenters. The first-order chi connectivity index (χ1) is 36.3. The smallest absolute Gasteiger partial charge is 0.336 e. The Hall–Kier alpha value is -5.00. The summed E-state index contributed by atoms with van der Waals surface area (Å²) < 4.78 is 19.8. The first kappa shape index (κ1) is 53.6. The molecule has 3 aromatic heterocycles. The second-order valence-electron chi connectivity index (χ2n) is 28.8. The minimum atomic E-state index is -1.42. The van der Waals surface area contributed by atoms with Gasteiger partial charge in [-0.25, -0.2) is 4.79 Å².